The average molecular weight is 309 g/mol. The molecule has 0 fully saturated rings. The van der Waals surface area contributed by atoms with Crippen LogP contribution in [0.2, 0.25) is 0 Å². The Hall–Kier alpha value is -1.37. The van der Waals surface area contributed by atoms with E-state index in [1.54, 1.807) is 7.05 Å². The first kappa shape index (κ1) is 16.0. The van der Waals surface area contributed by atoms with Crippen molar-refractivity contribution in [2.75, 3.05) is 33.6 Å². The van der Waals surface area contributed by atoms with Crippen LogP contribution in [-0.4, -0.2) is 51.9 Å². The molecule has 5 nitrogen and oxygen atoms in total. The van der Waals surface area contributed by atoms with E-state index in [0.29, 0.717) is 0 Å². The number of nitrogens with zero attached hydrogens (tertiary/aromatic N) is 1. The second-order valence-corrected chi connectivity index (χ2v) is 7.70. The molecule has 21 heavy (non-hydrogen) atoms. The van der Waals surface area contributed by atoms with Crippen LogP contribution in [0.15, 0.2) is 24.4 Å². The van der Waals surface area contributed by atoms with Crippen molar-refractivity contribution in [2.45, 2.75) is 12.2 Å². The Morgan fingerprint density at radius 3 is 2.71 bits per heavy atom. The number of hydrogen-bond acceptors (Lipinski definition) is 4. The fourth-order valence-corrected chi connectivity index (χ4v) is 3.62. The lowest BCUT2D eigenvalue weighted by atomic mass is 10.1. The van der Waals surface area contributed by atoms with E-state index in [0.717, 1.165) is 29.4 Å². The van der Waals surface area contributed by atoms with Crippen LogP contribution >= 0.6 is 0 Å². The van der Waals surface area contributed by atoms with Gasteiger partial charge in [0.2, 0.25) is 0 Å². The molecule has 116 valence electrons. The molecule has 2 aromatic rings. The molecule has 0 amide bonds. The summed E-state index contributed by atoms with van der Waals surface area (Å²) in [5, 5.41) is 3.82. The van der Waals surface area contributed by atoms with Gasteiger partial charge in [0.15, 0.2) is 9.84 Å². The Morgan fingerprint density at radius 2 is 2.05 bits per heavy atom. The largest absolute Gasteiger partial charge is 0.361 e. The molecule has 0 unspecified atom stereocenters. The number of aromatic nitrogens is 1. The fourth-order valence-electron chi connectivity index (χ4n) is 2.39. The minimum absolute atomic E-state index is 0.00562. The third-order valence-corrected chi connectivity index (χ3v) is 4.91. The first-order valence-electron chi connectivity index (χ1n) is 7.00. The summed E-state index contributed by atoms with van der Waals surface area (Å²) >= 11 is 0. The smallest absolute Gasteiger partial charge is 0.167 e. The molecule has 0 spiro atoms. The van der Waals surface area contributed by atoms with E-state index >= 15 is 0 Å². The Kier molecular flexibility index (Phi) is 5.03. The first-order valence-corrected chi connectivity index (χ1v) is 8.82. The second kappa shape index (κ2) is 6.60. The number of benzene rings is 1. The highest BCUT2D eigenvalue weighted by atomic mass is 32.2. The highest BCUT2D eigenvalue weighted by Crippen LogP contribution is 2.21. The van der Waals surface area contributed by atoms with Crippen LogP contribution in [-0.2, 0) is 22.0 Å². The van der Waals surface area contributed by atoms with Crippen LogP contribution < -0.4 is 5.32 Å². The molecule has 0 aliphatic heterocycles. The normalized spacial score (nSPS) is 12.4. The quantitative estimate of drug-likeness (QED) is 0.810. The van der Waals surface area contributed by atoms with Crippen LogP contribution in [0, 0.1) is 0 Å². The lowest BCUT2D eigenvalue weighted by Crippen LogP contribution is -2.20. The van der Waals surface area contributed by atoms with Gasteiger partial charge in [0, 0.05) is 23.6 Å². The SMILES string of the molecule is CNCS(=O)(=O)Cc1ccc2[nH]cc(CCN(C)C)c2c1. The zero-order chi connectivity index (χ0) is 15.5. The van der Waals surface area contributed by atoms with Crippen molar-refractivity contribution in [1.82, 2.24) is 15.2 Å². The molecule has 0 aliphatic carbocycles. The molecular formula is C15H23N3O2S. The van der Waals surface area contributed by atoms with Gasteiger partial charge in [0.1, 0.15) is 0 Å². The summed E-state index contributed by atoms with van der Waals surface area (Å²) in [4.78, 5) is 5.39. The molecule has 2 rings (SSSR count). The van der Waals surface area contributed by atoms with E-state index in [2.05, 4.69) is 15.2 Å². The molecule has 0 aliphatic rings. The van der Waals surface area contributed by atoms with Gasteiger partial charge >= 0.3 is 0 Å². The average Bonchev–Trinajstić information content (AvgIpc) is 2.78. The monoisotopic (exact) mass is 309 g/mol. The highest BCUT2D eigenvalue weighted by Gasteiger charge is 2.12. The Labute approximate surface area is 126 Å². The maximum absolute atomic E-state index is 11.9. The summed E-state index contributed by atoms with van der Waals surface area (Å²) in [5.74, 6) is 0.0771. The van der Waals surface area contributed by atoms with E-state index < -0.39 is 9.84 Å². The molecule has 2 N–H and O–H groups in total. The van der Waals surface area contributed by atoms with E-state index in [1.807, 2.05) is 38.5 Å². The highest BCUT2D eigenvalue weighted by molar-refractivity contribution is 7.90. The van der Waals surface area contributed by atoms with Crippen LogP contribution in [0.4, 0.5) is 0 Å². The third-order valence-electron chi connectivity index (χ3n) is 3.41. The van der Waals surface area contributed by atoms with Crippen LogP contribution in [0.25, 0.3) is 10.9 Å². The number of H-pyrrole nitrogens is 1. The first-order chi connectivity index (χ1) is 9.91. The number of nitrogens with one attached hydrogen (secondary N) is 2. The second-order valence-electron chi connectivity index (χ2n) is 5.63. The van der Waals surface area contributed by atoms with Gasteiger partial charge in [0.25, 0.3) is 0 Å². The number of hydrogen-bond donors (Lipinski definition) is 2. The standard InChI is InChI=1S/C15H23N3O2S/c1-16-11-21(19,20)10-12-4-5-15-14(8-12)13(9-17-15)6-7-18(2)3/h4-5,8-9,16-17H,6-7,10-11H2,1-3H3. The summed E-state index contributed by atoms with van der Waals surface area (Å²) < 4.78 is 23.8. The summed E-state index contributed by atoms with van der Waals surface area (Å²) in [5.41, 5.74) is 3.12. The number of aromatic amines is 1. The van der Waals surface area contributed by atoms with Crippen LogP contribution in [0.3, 0.4) is 0 Å². The third kappa shape index (κ3) is 4.30. The van der Waals surface area contributed by atoms with E-state index in [4.69, 9.17) is 0 Å². The molecule has 1 aromatic carbocycles. The molecule has 0 bridgehead atoms. The zero-order valence-corrected chi connectivity index (χ0v) is 13.6. The summed E-state index contributed by atoms with van der Waals surface area (Å²) in [6.07, 6.45) is 2.96. The number of fused-ring (bicyclic) bond motifs is 1. The van der Waals surface area contributed by atoms with Crippen LogP contribution in [0.1, 0.15) is 11.1 Å². The molecule has 0 saturated heterocycles. The molecule has 0 saturated carbocycles. The predicted molar refractivity (Wildman–Crippen MR) is 87.1 cm³/mol. The van der Waals surface area contributed by atoms with Gasteiger partial charge in [0.05, 0.1) is 11.6 Å². The number of rotatable bonds is 7. The van der Waals surface area contributed by atoms with Gasteiger partial charge in [-0.15, -0.1) is 0 Å². The van der Waals surface area contributed by atoms with Crippen molar-refractivity contribution in [3.05, 3.63) is 35.5 Å². The van der Waals surface area contributed by atoms with Gasteiger partial charge in [-0.3, -0.25) is 0 Å². The van der Waals surface area contributed by atoms with Gasteiger partial charge in [-0.2, -0.15) is 0 Å². The van der Waals surface area contributed by atoms with E-state index in [-0.39, 0.29) is 11.6 Å². The zero-order valence-electron chi connectivity index (χ0n) is 12.8. The molecular weight excluding hydrogens is 286 g/mol. The lowest BCUT2D eigenvalue weighted by molar-refractivity contribution is 0.414. The minimum Gasteiger partial charge on any atom is -0.361 e. The summed E-state index contributed by atoms with van der Waals surface area (Å²) in [6, 6.07) is 5.82. The van der Waals surface area contributed by atoms with Gasteiger partial charge in [-0.05, 0) is 50.8 Å². The van der Waals surface area contributed by atoms with Gasteiger partial charge in [-0.25, -0.2) is 8.42 Å². The summed E-state index contributed by atoms with van der Waals surface area (Å²) in [7, 11) is 2.63. The molecule has 0 radical (unpaired) electrons. The lowest BCUT2D eigenvalue weighted by Gasteiger charge is -2.09. The Bertz CT molecular complexity index is 705. The fraction of sp³-hybridized carbons (Fsp3) is 0.467. The van der Waals surface area contributed by atoms with Crippen LogP contribution in [0.5, 0.6) is 0 Å². The van der Waals surface area contributed by atoms with E-state index in [1.165, 1.54) is 5.56 Å². The number of sulfone groups is 1. The topological polar surface area (TPSA) is 65.2 Å². The van der Waals surface area contributed by atoms with Crippen molar-refractivity contribution in [2.24, 2.45) is 0 Å². The predicted octanol–water partition coefficient (Wildman–Crippen LogP) is 1.36. The van der Waals surface area contributed by atoms with Crippen molar-refractivity contribution in [3.8, 4) is 0 Å². The maximum atomic E-state index is 11.9. The van der Waals surface area contributed by atoms with Crippen molar-refractivity contribution in [3.63, 3.8) is 0 Å². The molecule has 0 atom stereocenters. The van der Waals surface area contributed by atoms with Crippen molar-refractivity contribution < 1.29 is 8.42 Å². The maximum Gasteiger partial charge on any atom is 0.167 e. The molecule has 1 heterocycles. The molecule has 6 heteroatoms. The van der Waals surface area contributed by atoms with Crippen molar-refractivity contribution in [1.29, 1.82) is 0 Å². The van der Waals surface area contributed by atoms with E-state index in [9.17, 15) is 8.42 Å². The van der Waals surface area contributed by atoms with Gasteiger partial charge < -0.3 is 15.2 Å². The summed E-state index contributed by atoms with van der Waals surface area (Å²) in [6.45, 7) is 0.967. The minimum atomic E-state index is -3.10. The Morgan fingerprint density at radius 1 is 1.29 bits per heavy atom. The Balaban J connectivity index is 2.25. The van der Waals surface area contributed by atoms with Crippen molar-refractivity contribution >= 4 is 20.7 Å². The number of likely N-dealkylation sites (N-methyl/N-ethyl adjacent to an activating group) is 1. The molecule has 1 aromatic heterocycles. The van der Waals surface area contributed by atoms with Gasteiger partial charge in [-0.1, -0.05) is 6.07 Å².